The molecule has 5 rings (SSSR count). The minimum atomic E-state index is -0.319. The Labute approximate surface area is 195 Å². The summed E-state index contributed by atoms with van der Waals surface area (Å²) in [6.45, 7) is 1.77. The lowest BCUT2D eigenvalue weighted by Crippen LogP contribution is -2.20. The summed E-state index contributed by atoms with van der Waals surface area (Å²) in [5.41, 5.74) is 2.64. The van der Waals surface area contributed by atoms with E-state index in [9.17, 15) is 9.90 Å². The van der Waals surface area contributed by atoms with Crippen molar-refractivity contribution >= 4 is 17.1 Å². The first-order chi connectivity index (χ1) is 16.6. The van der Waals surface area contributed by atoms with Gasteiger partial charge in [0.05, 0.1) is 41.2 Å². The molecule has 5 aromatic rings. The normalized spacial score (nSPS) is 11.4. The Morgan fingerprint density at radius 2 is 1.68 bits per heavy atom. The molecule has 8 heteroatoms. The van der Waals surface area contributed by atoms with Crippen LogP contribution in [0.25, 0.3) is 28.0 Å². The van der Waals surface area contributed by atoms with Gasteiger partial charge in [-0.1, -0.05) is 30.3 Å². The second-order valence-corrected chi connectivity index (χ2v) is 7.61. The van der Waals surface area contributed by atoms with Crippen molar-refractivity contribution in [1.29, 1.82) is 0 Å². The molecule has 0 amide bonds. The maximum Gasteiger partial charge on any atom is 0.282 e. The number of para-hydroxylation sites is 2. The maximum atomic E-state index is 13.4. The predicted octanol–water partition coefficient (Wildman–Crippen LogP) is 4.15. The fourth-order valence-electron chi connectivity index (χ4n) is 3.70. The standard InChI is InChI=1S/C26H21N5O3/c1-17-22(26(33)30(29-17)19-8-4-3-5-9-19)16-27-31-24(18-12-14-20(34-2)15-13-18)28-23-11-7-6-10-21(23)25(31)32/h3-16,33H,1-2H3/b27-16+. The zero-order valence-corrected chi connectivity index (χ0v) is 18.6. The third kappa shape index (κ3) is 3.71. The van der Waals surface area contributed by atoms with Crippen LogP contribution >= 0.6 is 0 Å². The fraction of sp³-hybridized carbons (Fsp3) is 0.0769. The van der Waals surface area contributed by atoms with Crippen molar-refractivity contribution in [3.8, 4) is 28.7 Å². The van der Waals surface area contributed by atoms with Crippen LogP contribution in [0, 0.1) is 6.92 Å². The predicted molar refractivity (Wildman–Crippen MR) is 131 cm³/mol. The lowest BCUT2D eigenvalue weighted by atomic mass is 10.2. The highest BCUT2D eigenvalue weighted by molar-refractivity contribution is 5.85. The molecule has 0 fully saturated rings. The lowest BCUT2D eigenvalue weighted by Gasteiger charge is -2.10. The van der Waals surface area contributed by atoms with Gasteiger partial charge in [0, 0.05) is 5.56 Å². The van der Waals surface area contributed by atoms with Crippen LogP contribution in [0.3, 0.4) is 0 Å². The molecule has 2 aromatic heterocycles. The van der Waals surface area contributed by atoms with E-state index in [0.29, 0.717) is 45.0 Å². The number of fused-ring (bicyclic) bond motifs is 1. The van der Waals surface area contributed by atoms with E-state index in [-0.39, 0.29) is 11.4 Å². The minimum absolute atomic E-state index is 0.0692. The van der Waals surface area contributed by atoms with E-state index < -0.39 is 0 Å². The van der Waals surface area contributed by atoms with E-state index >= 15 is 0 Å². The molecule has 0 radical (unpaired) electrons. The SMILES string of the molecule is COc1ccc(-c2nc3ccccc3c(=O)n2/N=C/c2c(C)nn(-c3ccccc3)c2O)cc1. The maximum absolute atomic E-state index is 13.4. The Morgan fingerprint density at radius 3 is 2.41 bits per heavy atom. The highest BCUT2D eigenvalue weighted by Crippen LogP contribution is 2.24. The molecule has 8 nitrogen and oxygen atoms in total. The van der Waals surface area contributed by atoms with Crippen LogP contribution in [0.1, 0.15) is 11.3 Å². The van der Waals surface area contributed by atoms with E-state index in [1.807, 2.05) is 48.5 Å². The molecule has 0 aliphatic heterocycles. The van der Waals surface area contributed by atoms with Crippen LogP contribution < -0.4 is 10.3 Å². The van der Waals surface area contributed by atoms with Crippen LogP contribution in [0.4, 0.5) is 0 Å². The monoisotopic (exact) mass is 451 g/mol. The molecular formula is C26H21N5O3. The third-order valence-electron chi connectivity index (χ3n) is 5.49. The second-order valence-electron chi connectivity index (χ2n) is 7.61. The molecular weight excluding hydrogens is 430 g/mol. The van der Waals surface area contributed by atoms with Crippen molar-refractivity contribution in [3.05, 3.63) is 100 Å². The van der Waals surface area contributed by atoms with Crippen molar-refractivity contribution in [2.75, 3.05) is 7.11 Å². The smallest absolute Gasteiger partial charge is 0.282 e. The van der Waals surface area contributed by atoms with Gasteiger partial charge in [0.25, 0.3) is 5.56 Å². The van der Waals surface area contributed by atoms with Gasteiger partial charge in [-0.15, -0.1) is 0 Å². The summed E-state index contributed by atoms with van der Waals surface area (Å²) in [5.74, 6) is 0.992. The molecule has 2 heterocycles. The molecule has 34 heavy (non-hydrogen) atoms. The van der Waals surface area contributed by atoms with Crippen molar-refractivity contribution in [2.24, 2.45) is 5.10 Å². The zero-order chi connectivity index (χ0) is 23.7. The highest BCUT2D eigenvalue weighted by atomic mass is 16.5. The summed E-state index contributed by atoms with van der Waals surface area (Å²) in [6, 6.07) is 23.6. The van der Waals surface area contributed by atoms with Crippen molar-refractivity contribution in [2.45, 2.75) is 6.92 Å². The van der Waals surface area contributed by atoms with Crippen molar-refractivity contribution in [3.63, 3.8) is 0 Å². The molecule has 0 aliphatic carbocycles. The zero-order valence-electron chi connectivity index (χ0n) is 18.6. The Balaban J connectivity index is 1.66. The molecule has 0 bridgehead atoms. The van der Waals surface area contributed by atoms with Gasteiger partial charge >= 0.3 is 0 Å². The number of aryl methyl sites for hydroxylation is 1. The van der Waals surface area contributed by atoms with E-state index in [4.69, 9.17) is 9.72 Å². The average molecular weight is 451 g/mol. The largest absolute Gasteiger partial charge is 0.497 e. The van der Waals surface area contributed by atoms with Crippen LogP contribution in [0.2, 0.25) is 0 Å². The van der Waals surface area contributed by atoms with Gasteiger partial charge < -0.3 is 9.84 Å². The van der Waals surface area contributed by atoms with Gasteiger partial charge in [-0.2, -0.15) is 14.9 Å². The number of nitrogens with zero attached hydrogens (tertiary/aromatic N) is 5. The summed E-state index contributed by atoms with van der Waals surface area (Å²) in [7, 11) is 1.59. The van der Waals surface area contributed by atoms with E-state index in [1.54, 1.807) is 44.4 Å². The Hall–Kier alpha value is -4.72. The number of benzene rings is 3. The minimum Gasteiger partial charge on any atom is -0.497 e. The van der Waals surface area contributed by atoms with E-state index in [1.165, 1.54) is 15.6 Å². The van der Waals surface area contributed by atoms with Crippen LogP contribution in [0.5, 0.6) is 11.6 Å². The van der Waals surface area contributed by atoms with Crippen molar-refractivity contribution < 1.29 is 9.84 Å². The van der Waals surface area contributed by atoms with Crippen LogP contribution in [-0.4, -0.2) is 37.9 Å². The van der Waals surface area contributed by atoms with Gasteiger partial charge in [0.1, 0.15) is 5.75 Å². The number of hydrogen-bond acceptors (Lipinski definition) is 6. The molecule has 1 N–H and O–H groups in total. The topological polar surface area (TPSA) is 94.5 Å². The molecule has 168 valence electrons. The summed E-state index contributed by atoms with van der Waals surface area (Å²) >= 11 is 0. The van der Waals surface area contributed by atoms with E-state index in [0.717, 1.165) is 0 Å². The fourth-order valence-corrected chi connectivity index (χ4v) is 3.70. The molecule has 0 aliphatic rings. The number of hydrogen-bond donors (Lipinski definition) is 1. The molecule has 3 aromatic carbocycles. The first-order valence-electron chi connectivity index (χ1n) is 10.6. The Kier molecular flexibility index (Phi) is 5.39. The molecule has 0 saturated heterocycles. The van der Waals surface area contributed by atoms with Crippen LogP contribution in [-0.2, 0) is 0 Å². The number of aromatic hydroxyl groups is 1. The van der Waals surface area contributed by atoms with Crippen molar-refractivity contribution in [1.82, 2.24) is 19.4 Å². The number of aromatic nitrogens is 4. The first kappa shape index (κ1) is 21.1. The van der Waals surface area contributed by atoms with Gasteiger partial charge in [-0.3, -0.25) is 4.79 Å². The van der Waals surface area contributed by atoms with Gasteiger partial charge in [-0.05, 0) is 55.5 Å². The molecule has 0 spiro atoms. The third-order valence-corrected chi connectivity index (χ3v) is 5.49. The summed E-state index contributed by atoms with van der Waals surface area (Å²) in [4.78, 5) is 18.1. The molecule has 0 saturated carbocycles. The second kappa shape index (κ2) is 8.67. The summed E-state index contributed by atoms with van der Waals surface area (Å²) < 4.78 is 7.92. The van der Waals surface area contributed by atoms with Crippen LogP contribution in [0.15, 0.2) is 88.8 Å². The first-order valence-corrected chi connectivity index (χ1v) is 10.6. The van der Waals surface area contributed by atoms with E-state index in [2.05, 4.69) is 10.2 Å². The summed E-state index contributed by atoms with van der Waals surface area (Å²) in [6.07, 6.45) is 1.43. The lowest BCUT2D eigenvalue weighted by molar-refractivity contribution is 0.415. The molecule has 0 atom stereocenters. The number of methoxy groups -OCH3 is 1. The van der Waals surface area contributed by atoms with Gasteiger partial charge in [0.15, 0.2) is 5.82 Å². The Morgan fingerprint density at radius 1 is 0.971 bits per heavy atom. The number of ether oxygens (including phenoxy) is 1. The average Bonchev–Trinajstić information content (AvgIpc) is 3.17. The molecule has 0 unspecified atom stereocenters. The summed E-state index contributed by atoms with van der Waals surface area (Å²) in [5, 5.41) is 20.1. The van der Waals surface area contributed by atoms with Gasteiger partial charge in [-0.25, -0.2) is 9.67 Å². The Bertz CT molecular complexity index is 1570. The van der Waals surface area contributed by atoms with Gasteiger partial charge in [0.2, 0.25) is 5.88 Å². The quantitative estimate of drug-likeness (QED) is 0.405. The number of rotatable bonds is 5. The highest BCUT2D eigenvalue weighted by Gasteiger charge is 2.16.